The molecule has 2 aromatic rings. The molecule has 6 heteroatoms. The molecule has 0 radical (unpaired) electrons. The van der Waals surface area contributed by atoms with Crippen molar-refractivity contribution in [2.75, 3.05) is 0 Å². The summed E-state index contributed by atoms with van der Waals surface area (Å²) in [4.78, 5) is 21.4. The quantitative estimate of drug-likeness (QED) is 0.482. The highest BCUT2D eigenvalue weighted by atomic mass is 35.5. The van der Waals surface area contributed by atoms with Crippen LogP contribution >= 0.6 is 11.6 Å². The van der Waals surface area contributed by atoms with E-state index in [1.807, 2.05) is 0 Å². The van der Waals surface area contributed by atoms with E-state index >= 15 is 0 Å². The van der Waals surface area contributed by atoms with E-state index in [1.54, 1.807) is 19.1 Å². The lowest BCUT2D eigenvalue weighted by Gasteiger charge is -2.09. The van der Waals surface area contributed by atoms with Gasteiger partial charge in [-0.2, -0.15) is 0 Å². The molecule has 0 saturated carbocycles. The van der Waals surface area contributed by atoms with E-state index in [0.717, 1.165) is 5.56 Å². The van der Waals surface area contributed by atoms with Crippen LogP contribution < -0.4 is 4.74 Å². The third kappa shape index (κ3) is 2.95. The summed E-state index contributed by atoms with van der Waals surface area (Å²) in [5.74, 6) is 0.294. The number of hydrogen-bond acceptors (Lipinski definition) is 4. The molecule has 0 N–H and O–H groups in total. The summed E-state index contributed by atoms with van der Waals surface area (Å²) < 4.78 is 5.47. The van der Waals surface area contributed by atoms with Crippen molar-refractivity contribution < 1.29 is 14.5 Å². The first-order valence-electron chi connectivity index (χ1n) is 5.69. The Hall–Kier alpha value is -2.40. The number of hydrogen-bond donors (Lipinski definition) is 0. The molecular weight excluding hydrogens is 282 g/mol. The van der Waals surface area contributed by atoms with Crippen molar-refractivity contribution in [1.29, 1.82) is 0 Å². The first-order chi connectivity index (χ1) is 9.51. The lowest BCUT2D eigenvalue weighted by Crippen LogP contribution is -1.96. The fourth-order valence-electron chi connectivity index (χ4n) is 1.68. The number of carbonyl (C=O) groups excluding carboxylic acids is 1. The summed E-state index contributed by atoms with van der Waals surface area (Å²) in [6, 6.07) is 9.07. The normalized spacial score (nSPS) is 10.1. The molecule has 2 aromatic carbocycles. The average Bonchev–Trinajstić information content (AvgIpc) is 2.42. The molecule has 0 spiro atoms. The van der Waals surface area contributed by atoms with Crippen LogP contribution in [0.15, 0.2) is 36.4 Å². The van der Waals surface area contributed by atoms with E-state index < -0.39 is 4.92 Å². The van der Waals surface area contributed by atoms with Crippen molar-refractivity contribution in [3.63, 3.8) is 0 Å². The Morgan fingerprint density at radius 1 is 1.20 bits per heavy atom. The number of nitro benzene ring substituents is 1. The number of carbonyl (C=O) groups is 1. The van der Waals surface area contributed by atoms with Gasteiger partial charge in [-0.25, -0.2) is 0 Å². The Bertz CT molecular complexity index is 685. The summed E-state index contributed by atoms with van der Waals surface area (Å²) in [5, 5.41) is 11.4. The molecule has 0 aliphatic rings. The maximum atomic E-state index is 11.0. The minimum absolute atomic E-state index is 0.0750. The Morgan fingerprint density at radius 3 is 2.55 bits per heavy atom. The molecule has 0 bridgehead atoms. The molecule has 5 nitrogen and oxygen atoms in total. The van der Waals surface area contributed by atoms with Crippen LogP contribution in [0.3, 0.4) is 0 Å². The van der Waals surface area contributed by atoms with Crippen LogP contribution in [-0.4, -0.2) is 11.2 Å². The van der Waals surface area contributed by atoms with E-state index in [2.05, 4.69) is 0 Å². The van der Waals surface area contributed by atoms with Crippen molar-refractivity contribution >= 4 is 23.6 Å². The fourth-order valence-corrected chi connectivity index (χ4v) is 1.86. The van der Waals surface area contributed by atoms with Gasteiger partial charge in [0.25, 0.3) is 0 Å². The highest BCUT2D eigenvalue weighted by molar-refractivity contribution is 6.30. The minimum Gasteiger partial charge on any atom is -0.449 e. The Balaban J connectivity index is 2.45. The minimum atomic E-state index is -0.529. The SMILES string of the molecule is Cc1ccc(Oc2ccc(Cl)cc2C=O)c([N+](=O)[O-])c1. The van der Waals surface area contributed by atoms with Crippen LogP contribution in [0.2, 0.25) is 5.02 Å². The maximum absolute atomic E-state index is 11.0. The van der Waals surface area contributed by atoms with E-state index in [4.69, 9.17) is 16.3 Å². The molecule has 0 aliphatic carbocycles. The van der Waals surface area contributed by atoms with Gasteiger partial charge in [-0.15, -0.1) is 0 Å². The zero-order chi connectivity index (χ0) is 14.7. The van der Waals surface area contributed by atoms with Crippen LogP contribution in [0.5, 0.6) is 11.5 Å². The number of nitro groups is 1. The number of ether oxygens (including phenoxy) is 1. The second kappa shape index (κ2) is 5.71. The van der Waals surface area contributed by atoms with Gasteiger partial charge in [-0.05, 0) is 36.8 Å². The van der Waals surface area contributed by atoms with Crippen molar-refractivity contribution in [1.82, 2.24) is 0 Å². The number of aldehydes is 1. The second-order valence-corrected chi connectivity index (χ2v) is 4.57. The van der Waals surface area contributed by atoms with Gasteiger partial charge in [0, 0.05) is 11.1 Å². The monoisotopic (exact) mass is 291 g/mol. The smallest absolute Gasteiger partial charge is 0.311 e. The molecule has 0 aromatic heterocycles. The molecule has 0 fully saturated rings. The van der Waals surface area contributed by atoms with Gasteiger partial charge >= 0.3 is 5.69 Å². The van der Waals surface area contributed by atoms with E-state index in [9.17, 15) is 14.9 Å². The highest BCUT2D eigenvalue weighted by Crippen LogP contribution is 2.33. The van der Waals surface area contributed by atoms with Crippen molar-refractivity contribution in [2.24, 2.45) is 0 Å². The predicted octanol–water partition coefficient (Wildman–Crippen LogP) is 4.16. The molecule has 102 valence electrons. The molecular formula is C14H10ClNO4. The Kier molecular flexibility index (Phi) is 4.00. The summed E-state index contributed by atoms with van der Waals surface area (Å²) in [6.07, 6.45) is 0.585. The lowest BCUT2D eigenvalue weighted by molar-refractivity contribution is -0.385. The molecule has 0 unspecified atom stereocenters. The van der Waals surface area contributed by atoms with Crippen molar-refractivity contribution in [3.8, 4) is 11.5 Å². The van der Waals surface area contributed by atoms with E-state index in [0.29, 0.717) is 11.3 Å². The number of benzene rings is 2. The third-order valence-corrected chi connectivity index (χ3v) is 2.86. The molecule has 0 amide bonds. The van der Waals surface area contributed by atoms with Gasteiger partial charge < -0.3 is 4.74 Å². The summed E-state index contributed by atoms with van der Waals surface area (Å²) in [5.41, 5.74) is 0.819. The van der Waals surface area contributed by atoms with Gasteiger partial charge in [0.1, 0.15) is 5.75 Å². The number of rotatable bonds is 4. The summed E-state index contributed by atoms with van der Waals surface area (Å²) >= 11 is 5.78. The van der Waals surface area contributed by atoms with Crippen molar-refractivity contribution in [3.05, 3.63) is 62.7 Å². The Morgan fingerprint density at radius 2 is 1.90 bits per heavy atom. The molecule has 20 heavy (non-hydrogen) atoms. The first kappa shape index (κ1) is 14.0. The predicted molar refractivity (Wildman–Crippen MR) is 74.7 cm³/mol. The third-order valence-electron chi connectivity index (χ3n) is 2.63. The average molecular weight is 292 g/mol. The van der Waals surface area contributed by atoms with Crippen LogP contribution in [-0.2, 0) is 0 Å². The van der Waals surface area contributed by atoms with Crippen LogP contribution in [0.1, 0.15) is 15.9 Å². The maximum Gasteiger partial charge on any atom is 0.311 e. The number of halogens is 1. The number of nitrogens with zero attached hydrogens (tertiary/aromatic N) is 1. The topological polar surface area (TPSA) is 69.4 Å². The lowest BCUT2D eigenvalue weighted by atomic mass is 10.2. The van der Waals surface area contributed by atoms with Crippen molar-refractivity contribution in [2.45, 2.75) is 6.92 Å². The van der Waals surface area contributed by atoms with Gasteiger partial charge in [-0.1, -0.05) is 17.7 Å². The zero-order valence-electron chi connectivity index (χ0n) is 10.5. The largest absolute Gasteiger partial charge is 0.449 e. The summed E-state index contributed by atoms with van der Waals surface area (Å²) in [6.45, 7) is 1.75. The highest BCUT2D eigenvalue weighted by Gasteiger charge is 2.17. The van der Waals surface area contributed by atoms with Gasteiger partial charge in [0.05, 0.1) is 10.5 Å². The van der Waals surface area contributed by atoms with Crippen LogP contribution in [0.4, 0.5) is 5.69 Å². The van der Waals surface area contributed by atoms with E-state index in [1.165, 1.54) is 24.3 Å². The number of aryl methyl sites for hydroxylation is 1. The molecule has 2 rings (SSSR count). The van der Waals surface area contributed by atoms with Gasteiger partial charge in [0.15, 0.2) is 6.29 Å². The summed E-state index contributed by atoms with van der Waals surface area (Å²) in [7, 11) is 0. The molecule has 0 saturated heterocycles. The van der Waals surface area contributed by atoms with Crippen LogP contribution in [0, 0.1) is 17.0 Å². The second-order valence-electron chi connectivity index (χ2n) is 4.13. The van der Waals surface area contributed by atoms with Crippen LogP contribution in [0.25, 0.3) is 0 Å². The fraction of sp³-hybridized carbons (Fsp3) is 0.0714. The molecule has 0 aliphatic heterocycles. The first-order valence-corrected chi connectivity index (χ1v) is 6.06. The standard InChI is InChI=1S/C14H10ClNO4/c1-9-2-4-14(12(6-9)16(18)19)20-13-5-3-11(15)7-10(13)8-17/h2-8H,1H3. The zero-order valence-corrected chi connectivity index (χ0v) is 11.3. The van der Waals surface area contributed by atoms with E-state index in [-0.39, 0.29) is 22.7 Å². The van der Waals surface area contributed by atoms with Gasteiger partial charge in [0.2, 0.25) is 5.75 Å². The molecule has 0 atom stereocenters. The molecule has 0 heterocycles. The Labute approximate surface area is 119 Å². The van der Waals surface area contributed by atoms with Gasteiger partial charge in [-0.3, -0.25) is 14.9 Å².